The lowest BCUT2D eigenvalue weighted by molar-refractivity contribution is -0.122. The van der Waals surface area contributed by atoms with Gasteiger partial charge in [0.1, 0.15) is 5.54 Å². The summed E-state index contributed by atoms with van der Waals surface area (Å²) in [6.07, 6.45) is 6.04. The molecule has 0 unspecified atom stereocenters. The first-order valence-corrected chi connectivity index (χ1v) is 12.2. The van der Waals surface area contributed by atoms with E-state index in [1.165, 1.54) is 19.1 Å². The second kappa shape index (κ2) is 10.2. The van der Waals surface area contributed by atoms with Gasteiger partial charge in [0.25, 0.3) is 0 Å². The average Bonchev–Trinajstić information content (AvgIpc) is 3.10. The van der Waals surface area contributed by atoms with Crippen LogP contribution in [0.1, 0.15) is 69.1 Å². The van der Waals surface area contributed by atoms with Crippen LogP contribution >= 0.6 is 0 Å². The maximum absolute atomic E-state index is 12.2. The zero-order valence-corrected chi connectivity index (χ0v) is 18.9. The lowest BCUT2D eigenvalue weighted by Gasteiger charge is -2.30. The van der Waals surface area contributed by atoms with Gasteiger partial charge in [0.15, 0.2) is 5.82 Å². The Balaban J connectivity index is 1.57. The van der Waals surface area contributed by atoms with Crippen LogP contribution in [-0.4, -0.2) is 30.4 Å². The van der Waals surface area contributed by atoms with Crippen LogP contribution < -0.4 is 15.8 Å². The maximum atomic E-state index is 12.2. The number of aromatic nitrogens is 2. The van der Waals surface area contributed by atoms with Gasteiger partial charge in [-0.1, -0.05) is 43.0 Å². The molecule has 174 valence electrons. The molecule has 1 aliphatic carbocycles. The molecular weight excluding hydrogens is 434 g/mol. The number of carbonyl (C=O) groups excluding carboxylic acids is 2. The van der Waals surface area contributed by atoms with Crippen LogP contribution in [0.25, 0.3) is 0 Å². The third-order valence-corrected chi connectivity index (χ3v) is 6.46. The zero-order chi connectivity index (χ0) is 23.2. The van der Waals surface area contributed by atoms with Crippen LogP contribution in [-0.2, 0) is 38.1 Å². The highest BCUT2D eigenvalue weighted by Crippen LogP contribution is 2.34. The molecule has 11 heteroatoms. The standard InChI is InChI=1S/C21H29N5O5S/c1-15(27)25-21(11-4-2-3-5-12-21)20-24-19(31-26-20)10-9-18(28)23-14-16-7-6-8-17(13-16)32(22,29)30/h6-8,13H,2-5,9-12,14H2,1H3,(H,23,28)(H,25,27)(H2,22,29,30). The molecular formula is C21H29N5O5S. The van der Waals surface area contributed by atoms with Crippen LogP contribution in [0.5, 0.6) is 0 Å². The van der Waals surface area contributed by atoms with Crippen molar-refractivity contribution in [2.45, 2.75) is 75.3 Å². The fourth-order valence-electron chi connectivity index (χ4n) is 3.97. The minimum Gasteiger partial charge on any atom is -0.352 e. The fraction of sp³-hybridized carbons (Fsp3) is 0.524. The van der Waals surface area contributed by atoms with Crippen LogP contribution in [0.3, 0.4) is 0 Å². The van der Waals surface area contributed by atoms with Gasteiger partial charge < -0.3 is 15.2 Å². The highest BCUT2D eigenvalue weighted by molar-refractivity contribution is 7.89. The Kier molecular flexibility index (Phi) is 7.62. The van der Waals surface area contributed by atoms with Gasteiger partial charge in [0.05, 0.1) is 4.90 Å². The first-order chi connectivity index (χ1) is 15.2. The predicted molar refractivity (Wildman–Crippen MR) is 115 cm³/mol. The lowest BCUT2D eigenvalue weighted by Crippen LogP contribution is -2.45. The molecule has 0 spiro atoms. The van der Waals surface area contributed by atoms with Crippen molar-refractivity contribution in [2.24, 2.45) is 5.14 Å². The van der Waals surface area contributed by atoms with E-state index in [0.29, 0.717) is 17.3 Å². The van der Waals surface area contributed by atoms with E-state index < -0.39 is 15.6 Å². The van der Waals surface area contributed by atoms with E-state index in [0.717, 1.165) is 38.5 Å². The molecule has 2 amide bonds. The Bertz CT molecular complexity index is 1060. The first kappa shape index (κ1) is 23.9. The summed E-state index contributed by atoms with van der Waals surface area (Å²) in [5.74, 6) is 0.422. The van der Waals surface area contributed by atoms with Crippen molar-refractivity contribution in [2.75, 3.05) is 0 Å². The number of sulfonamides is 1. The normalized spacial score (nSPS) is 16.2. The van der Waals surface area contributed by atoms with E-state index in [1.807, 2.05) is 0 Å². The lowest BCUT2D eigenvalue weighted by atomic mass is 9.89. The number of rotatable bonds is 8. The first-order valence-electron chi connectivity index (χ1n) is 10.7. The van der Waals surface area contributed by atoms with Gasteiger partial charge in [0.2, 0.25) is 27.7 Å². The van der Waals surface area contributed by atoms with Gasteiger partial charge in [-0.15, -0.1) is 0 Å². The summed E-state index contributed by atoms with van der Waals surface area (Å²) in [5.41, 5.74) is -0.00343. The van der Waals surface area contributed by atoms with E-state index in [2.05, 4.69) is 20.8 Å². The number of nitrogens with one attached hydrogen (secondary N) is 2. The molecule has 1 aromatic heterocycles. The minimum atomic E-state index is -3.80. The number of aryl methyl sites for hydroxylation is 1. The fourth-order valence-corrected chi connectivity index (χ4v) is 4.55. The number of nitrogens with two attached hydrogens (primary N) is 1. The van der Waals surface area contributed by atoms with E-state index in [9.17, 15) is 18.0 Å². The van der Waals surface area contributed by atoms with Crippen LogP contribution in [0, 0.1) is 0 Å². The summed E-state index contributed by atoms with van der Waals surface area (Å²) in [5, 5.41) is 15.0. The van der Waals surface area contributed by atoms with E-state index in [1.54, 1.807) is 12.1 Å². The SMILES string of the molecule is CC(=O)NC1(c2noc(CCC(=O)NCc3cccc(S(N)(=O)=O)c3)n2)CCCCCC1. The van der Waals surface area contributed by atoms with Gasteiger partial charge >= 0.3 is 0 Å². The van der Waals surface area contributed by atoms with Crippen molar-refractivity contribution in [3.05, 3.63) is 41.5 Å². The Hall–Kier alpha value is -2.79. The molecule has 1 aromatic carbocycles. The molecule has 0 radical (unpaired) electrons. The summed E-state index contributed by atoms with van der Waals surface area (Å²) in [6.45, 7) is 1.65. The van der Waals surface area contributed by atoms with Crippen LogP contribution in [0.15, 0.2) is 33.7 Å². The molecule has 2 aromatic rings. The Morgan fingerprint density at radius 2 is 1.91 bits per heavy atom. The Morgan fingerprint density at radius 1 is 1.19 bits per heavy atom. The van der Waals surface area contributed by atoms with E-state index >= 15 is 0 Å². The minimum absolute atomic E-state index is 0.00532. The molecule has 0 bridgehead atoms. The number of primary sulfonamides is 1. The van der Waals surface area contributed by atoms with Crippen LogP contribution in [0.4, 0.5) is 0 Å². The van der Waals surface area contributed by atoms with Crippen molar-refractivity contribution in [1.82, 2.24) is 20.8 Å². The average molecular weight is 464 g/mol. The molecule has 1 saturated carbocycles. The highest BCUT2D eigenvalue weighted by Gasteiger charge is 2.38. The van der Waals surface area contributed by atoms with Gasteiger partial charge in [-0.05, 0) is 30.5 Å². The molecule has 1 fully saturated rings. The maximum Gasteiger partial charge on any atom is 0.238 e. The van der Waals surface area contributed by atoms with E-state index in [-0.39, 0.29) is 36.1 Å². The Labute approximate surface area is 187 Å². The van der Waals surface area contributed by atoms with Crippen LogP contribution in [0.2, 0.25) is 0 Å². The number of amides is 2. The molecule has 1 aliphatic rings. The monoisotopic (exact) mass is 463 g/mol. The number of hydrogen-bond acceptors (Lipinski definition) is 7. The summed E-state index contributed by atoms with van der Waals surface area (Å²) in [6, 6.07) is 6.09. The third kappa shape index (κ3) is 6.36. The van der Waals surface area contributed by atoms with Crippen molar-refractivity contribution in [3.8, 4) is 0 Å². The molecule has 4 N–H and O–H groups in total. The summed E-state index contributed by atoms with van der Waals surface area (Å²) in [7, 11) is -3.80. The number of carbonyl (C=O) groups is 2. The molecule has 32 heavy (non-hydrogen) atoms. The van der Waals surface area contributed by atoms with Crippen molar-refractivity contribution < 1.29 is 22.5 Å². The zero-order valence-electron chi connectivity index (χ0n) is 18.1. The predicted octanol–water partition coefficient (Wildman–Crippen LogP) is 1.65. The molecule has 1 heterocycles. The number of benzene rings is 1. The largest absolute Gasteiger partial charge is 0.352 e. The summed E-state index contributed by atoms with van der Waals surface area (Å²) >= 11 is 0. The summed E-state index contributed by atoms with van der Waals surface area (Å²) < 4.78 is 28.2. The molecule has 0 atom stereocenters. The Morgan fingerprint density at radius 3 is 2.56 bits per heavy atom. The second-order valence-corrected chi connectivity index (χ2v) is 9.72. The van der Waals surface area contributed by atoms with Crippen molar-refractivity contribution >= 4 is 21.8 Å². The topological polar surface area (TPSA) is 157 Å². The smallest absolute Gasteiger partial charge is 0.238 e. The van der Waals surface area contributed by atoms with Crippen molar-refractivity contribution in [3.63, 3.8) is 0 Å². The van der Waals surface area contributed by atoms with Gasteiger partial charge in [0, 0.05) is 26.3 Å². The quantitative estimate of drug-likeness (QED) is 0.502. The van der Waals surface area contributed by atoms with E-state index in [4.69, 9.17) is 9.66 Å². The summed E-state index contributed by atoms with van der Waals surface area (Å²) in [4.78, 5) is 28.5. The molecule has 0 aliphatic heterocycles. The number of nitrogens with zero attached hydrogens (tertiary/aromatic N) is 2. The second-order valence-electron chi connectivity index (χ2n) is 8.16. The molecule has 0 saturated heterocycles. The molecule has 3 rings (SSSR count). The van der Waals surface area contributed by atoms with Gasteiger partial charge in [-0.3, -0.25) is 9.59 Å². The van der Waals surface area contributed by atoms with Gasteiger partial charge in [-0.2, -0.15) is 4.98 Å². The van der Waals surface area contributed by atoms with Gasteiger partial charge in [-0.25, -0.2) is 13.6 Å². The molecule has 10 nitrogen and oxygen atoms in total. The van der Waals surface area contributed by atoms with Crippen molar-refractivity contribution in [1.29, 1.82) is 0 Å². The number of hydrogen-bond donors (Lipinski definition) is 3. The highest BCUT2D eigenvalue weighted by atomic mass is 32.2. The third-order valence-electron chi connectivity index (χ3n) is 5.55.